The zero-order chi connectivity index (χ0) is 62.1. The van der Waals surface area contributed by atoms with Crippen molar-refractivity contribution in [2.75, 3.05) is 40.9 Å². The molecule has 0 aliphatic rings. The summed E-state index contributed by atoms with van der Waals surface area (Å²) in [7, 11) is 1.15. The number of nitrogens with one attached hydrogen (secondary N) is 1. The molecule has 0 heterocycles. The second kappa shape index (κ2) is 63.9. The molecule has 0 saturated heterocycles. The normalized spacial score (nSPS) is 14.1. The van der Waals surface area contributed by atoms with Crippen molar-refractivity contribution in [2.24, 2.45) is 0 Å². The van der Waals surface area contributed by atoms with Crippen LogP contribution in [0.4, 0.5) is 0 Å². The Kier molecular flexibility index (Phi) is 61.6. The van der Waals surface area contributed by atoms with Crippen LogP contribution in [0, 0.1) is 0 Å². The van der Waals surface area contributed by atoms with Gasteiger partial charge in [0, 0.05) is 12.8 Å². The zero-order valence-corrected chi connectivity index (χ0v) is 57.2. The summed E-state index contributed by atoms with van der Waals surface area (Å²) in [4.78, 5) is 40.2. The lowest BCUT2D eigenvalue weighted by atomic mass is 10.0. The van der Waals surface area contributed by atoms with E-state index in [4.69, 9.17) is 13.8 Å². The molecule has 3 unspecified atom stereocenters. The minimum atomic E-state index is -4.72. The Labute approximate surface area is 526 Å². The summed E-state index contributed by atoms with van der Waals surface area (Å²) >= 11 is 0. The summed E-state index contributed by atoms with van der Waals surface area (Å²) in [6.45, 7) is 6.72. The molecular weight excluding hydrogens is 1070 g/mol. The highest BCUT2D eigenvalue weighted by Gasteiger charge is 2.27. The van der Waals surface area contributed by atoms with Gasteiger partial charge in [0.2, 0.25) is 5.91 Å². The summed E-state index contributed by atoms with van der Waals surface area (Å²) < 4.78 is 30.4. The van der Waals surface area contributed by atoms with Crippen LogP contribution in [-0.2, 0) is 27.9 Å². The quantitative estimate of drug-likeness (QED) is 0.0212. The van der Waals surface area contributed by atoms with Gasteiger partial charge in [-0.05, 0) is 109 Å². The van der Waals surface area contributed by atoms with Crippen LogP contribution in [0.15, 0.2) is 97.2 Å². The third-order valence-electron chi connectivity index (χ3n) is 15.5. The largest absolute Gasteiger partial charge is 0.756 e. The Hall–Kier alpha value is -3.07. The highest BCUT2D eigenvalue weighted by atomic mass is 31.2. The van der Waals surface area contributed by atoms with Crippen LogP contribution >= 0.6 is 7.82 Å². The van der Waals surface area contributed by atoms with Crippen molar-refractivity contribution in [3.63, 3.8) is 0 Å². The van der Waals surface area contributed by atoms with Gasteiger partial charge < -0.3 is 28.5 Å². The maximum atomic E-state index is 13.6. The fraction of sp³-hybridized carbons (Fsp3) is 0.760. The van der Waals surface area contributed by atoms with E-state index in [2.05, 4.69) is 111 Å². The van der Waals surface area contributed by atoms with E-state index in [1.165, 1.54) is 186 Å². The molecule has 0 aromatic carbocycles. The van der Waals surface area contributed by atoms with E-state index < -0.39 is 26.6 Å². The molecule has 85 heavy (non-hydrogen) atoms. The minimum absolute atomic E-state index is 0.0341. The first-order chi connectivity index (χ1) is 41.4. The van der Waals surface area contributed by atoms with E-state index in [1.807, 2.05) is 33.3 Å². The van der Waals surface area contributed by atoms with Crippen molar-refractivity contribution >= 4 is 19.7 Å². The fourth-order valence-corrected chi connectivity index (χ4v) is 10.8. The summed E-state index contributed by atoms with van der Waals surface area (Å²) in [5.41, 5.74) is 0. The predicted octanol–water partition coefficient (Wildman–Crippen LogP) is 22.0. The number of amides is 1. The van der Waals surface area contributed by atoms with E-state index in [1.54, 1.807) is 0 Å². The topological polar surface area (TPSA) is 114 Å². The molecule has 0 aromatic rings. The first-order valence-corrected chi connectivity index (χ1v) is 37.0. The number of quaternary nitrogens is 1. The Morgan fingerprint density at radius 2 is 0.753 bits per heavy atom. The Bertz CT molecular complexity index is 1780. The standard InChI is InChI=1S/C75H135N2O7P/c1-7-10-13-16-19-22-25-28-30-32-34-36-37-38-39-41-43-45-47-50-53-56-59-62-65-68-75(79)84-73(66-63-60-57-54-51-48-27-24-21-18-15-12-9-3)72(71-83-85(80,81)82-70-69-77(4,5)6)76-74(78)67-64-61-58-55-52-49-46-44-42-40-35-33-31-29-26-23-20-17-14-11-8-2/h11,14,20,23,28-31,35,40,44,46,52,55,63,66,72-73H,7-10,12-13,15-19,21-22,24-27,32-34,36-39,41-43,45,47-51,53-54,56-62,64-65,67-71H2,1-6H3,(H-,76,78,80,81)/b14-11-,23-20-,30-28+,31-29-,40-35-,46-44-,55-52-,66-63+. The number of esters is 1. The molecule has 3 atom stereocenters. The van der Waals surface area contributed by atoms with Crippen LogP contribution in [0.25, 0.3) is 0 Å². The Balaban J connectivity index is 5.17. The monoisotopic (exact) mass is 1210 g/mol. The van der Waals surface area contributed by atoms with Crippen LogP contribution in [0.1, 0.15) is 316 Å². The molecule has 0 fully saturated rings. The van der Waals surface area contributed by atoms with Crippen LogP contribution in [-0.4, -0.2) is 69.4 Å². The molecule has 0 rings (SSSR count). The molecule has 0 aromatic heterocycles. The third-order valence-corrected chi connectivity index (χ3v) is 16.5. The van der Waals surface area contributed by atoms with Gasteiger partial charge in [-0.2, -0.15) is 0 Å². The fourth-order valence-electron chi connectivity index (χ4n) is 10.1. The number of allylic oxidation sites excluding steroid dienone is 15. The summed E-state index contributed by atoms with van der Waals surface area (Å²) in [5.74, 6) is -0.586. The molecule has 1 amide bonds. The molecule has 0 saturated carbocycles. The highest BCUT2D eigenvalue weighted by Crippen LogP contribution is 2.38. The number of carbonyl (C=O) groups is 2. The number of phosphoric ester groups is 1. The number of hydrogen-bond donors (Lipinski definition) is 1. The van der Waals surface area contributed by atoms with Crippen LogP contribution in [0.2, 0.25) is 0 Å². The predicted molar refractivity (Wildman–Crippen MR) is 367 cm³/mol. The third kappa shape index (κ3) is 65.2. The number of likely N-dealkylation sites (N-methyl/N-ethyl adjacent to an activating group) is 1. The average Bonchev–Trinajstić information content (AvgIpc) is 3.50. The Morgan fingerprint density at radius 1 is 0.424 bits per heavy atom. The molecular formula is C75H135N2O7P. The van der Waals surface area contributed by atoms with Gasteiger partial charge in [0.25, 0.3) is 7.82 Å². The lowest BCUT2D eigenvalue weighted by molar-refractivity contribution is -0.870. The number of phosphoric acid groups is 1. The van der Waals surface area contributed by atoms with Crippen LogP contribution in [0.3, 0.4) is 0 Å². The van der Waals surface area contributed by atoms with E-state index in [-0.39, 0.29) is 31.3 Å². The number of ether oxygens (including phenoxy) is 1. The Morgan fingerprint density at radius 3 is 1.15 bits per heavy atom. The first-order valence-electron chi connectivity index (χ1n) is 35.5. The number of rotatable bonds is 64. The van der Waals surface area contributed by atoms with E-state index in [0.29, 0.717) is 17.4 Å². The van der Waals surface area contributed by atoms with Crippen molar-refractivity contribution in [1.82, 2.24) is 5.32 Å². The zero-order valence-electron chi connectivity index (χ0n) is 56.3. The number of hydrogen-bond acceptors (Lipinski definition) is 7. The maximum absolute atomic E-state index is 13.6. The van der Waals surface area contributed by atoms with Gasteiger partial charge in [0.15, 0.2) is 0 Å². The molecule has 0 spiro atoms. The van der Waals surface area contributed by atoms with Gasteiger partial charge in [0.1, 0.15) is 19.3 Å². The molecule has 0 bridgehead atoms. The van der Waals surface area contributed by atoms with E-state index in [9.17, 15) is 19.0 Å². The van der Waals surface area contributed by atoms with Gasteiger partial charge in [0.05, 0.1) is 33.8 Å². The molecule has 0 aliphatic carbocycles. The molecule has 1 N–H and O–H groups in total. The summed E-state index contributed by atoms with van der Waals surface area (Å²) in [6.07, 6.45) is 86.8. The number of unbranched alkanes of at least 4 members (excludes halogenated alkanes) is 34. The van der Waals surface area contributed by atoms with Crippen molar-refractivity contribution in [3.8, 4) is 0 Å². The second-order valence-electron chi connectivity index (χ2n) is 25.0. The second-order valence-corrected chi connectivity index (χ2v) is 26.4. The van der Waals surface area contributed by atoms with Crippen molar-refractivity contribution in [1.29, 1.82) is 0 Å². The first kappa shape index (κ1) is 81.9. The highest BCUT2D eigenvalue weighted by molar-refractivity contribution is 7.45. The lowest BCUT2D eigenvalue weighted by Crippen LogP contribution is -2.47. The molecule has 0 radical (unpaired) electrons. The smallest absolute Gasteiger partial charge is 0.306 e. The number of carbonyl (C=O) groups excluding carboxylic acids is 2. The van der Waals surface area contributed by atoms with Gasteiger partial charge in [-0.15, -0.1) is 0 Å². The SMILES string of the molecule is CC/C=C\C/C=C\C/C=C\C/C=C\C/C=C\C/C=C\CCCCC(=O)NC(COP(=O)([O-])OCC[N+](C)(C)C)C(/C=C/CCCCCCCCCCCCC)OC(=O)CCCCCCCCCCCCCCCCC/C=C/CCCCCCCC. The van der Waals surface area contributed by atoms with E-state index in [0.717, 1.165) is 89.9 Å². The molecule has 0 aliphatic heterocycles. The van der Waals surface area contributed by atoms with Gasteiger partial charge >= 0.3 is 5.97 Å². The van der Waals surface area contributed by atoms with Crippen molar-refractivity contribution in [2.45, 2.75) is 328 Å². The summed E-state index contributed by atoms with van der Waals surface area (Å²) in [5, 5.41) is 3.02. The van der Waals surface area contributed by atoms with Gasteiger partial charge in [-0.3, -0.25) is 14.2 Å². The van der Waals surface area contributed by atoms with Crippen molar-refractivity contribution in [3.05, 3.63) is 97.2 Å². The lowest BCUT2D eigenvalue weighted by Gasteiger charge is -2.30. The molecule has 10 heteroatoms. The molecule has 9 nitrogen and oxygen atoms in total. The minimum Gasteiger partial charge on any atom is -0.756 e. The van der Waals surface area contributed by atoms with Crippen LogP contribution < -0.4 is 10.2 Å². The average molecular weight is 1210 g/mol. The van der Waals surface area contributed by atoms with Crippen molar-refractivity contribution < 1.29 is 37.3 Å². The van der Waals surface area contributed by atoms with Gasteiger partial charge in [-0.1, -0.05) is 292 Å². The maximum Gasteiger partial charge on any atom is 0.306 e. The van der Waals surface area contributed by atoms with Gasteiger partial charge in [-0.25, -0.2) is 0 Å². The van der Waals surface area contributed by atoms with E-state index >= 15 is 0 Å². The molecule has 492 valence electrons. The summed E-state index contributed by atoms with van der Waals surface area (Å²) in [6, 6.07) is -0.917. The number of nitrogens with zero attached hydrogens (tertiary/aromatic N) is 1. The van der Waals surface area contributed by atoms with Crippen LogP contribution in [0.5, 0.6) is 0 Å².